The Balaban J connectivity index is 2.91. The lowest BCUT2D eigenvalue weighted by Crippen LogP contribution is -2.22. The number of ether oxygens (including phenoxy) is 1. The van der Waals surface area contributed by atoms with Crippen molar-refractivity contribution in [1.29, 1.82) is 0 Å². The van der Waals surface area contributed by atoms with Gasteiger partial charge in [-0.05, 0) is 32.1 Å². The van der Waals surface area contributed by atoms with Gasteiger partial charge < -0.3 is 4.74 Å². The van der Waals surface area contributed by atoms with Crippen LogP contribution in [-0.4, -0.2) is 16.7 Å². The van der Waals surface area contributed by atoms with E-state index in [0.29, 0.717) is 0 Å². The highest BCUT2D eigenvalue weighted by atomic mass is 32.2. The molecule has 3 heteroatoms. The molecule has 0 aromatic carbocycles. The van der Waals surface area contributed by atoms with E-state index in [4.69, 9.17) is 4.74 Å². The van der Waals surface area contributed by atoms with Gasteiger partial charge in [-0.3, -0.25) is 0 Å². The number of esters is 1. The highest BCUT2D eigenvalue weighted by molar-refractivity contribution is 8.00. The molecule has 1 heterocycles. The molecule has 0 bridgehead atoms. The number of thioether (sulfide) groups is 1. The molecule has 1 atom stereocenters. The van der Waals surface area contributed by atoms with Crippen LogP contribution in [0, 0.1) is 0 Å². The summed E-state index contributed by atoms with van der Waals surface area (Å²) < 4.78 is 5.26. The van der Waals surface area contributed by atoms with Gasteiger partial charge in [-0.2, -0.15) is 0 Å². The van der Waals surface area contributed by atoms with E-state index in [1.165, 1.54) is 0 Å². The fourth-order valence-electron chi connectivity index (χ4n) is 1.24. The maximum absolute atomic E-state index is 11.2. The largest absolute Gasteiger partial charge is 0.441 e. The molecule has 1 unspecified atom stereocenters. The third kappa shape index (κ3) is 1.38. The first kappa shape index (κ1) is 9.65. The van der Waals surface area contributed by atoms with Crippen LogP contribution in [0.5, 0.6) is 0 Å². The zero-order valence-electron chi connectivity index (χ0n) is 7.93. The quantitative estimate of drug-likeness (QED) is 0.619. The Bertz CT molecular complexity index is 245. The van der Waals surface area contributed by atoms with Crippen LogP contribution >= 0.6 is 11.8 Å². The number of cyclic esters (lactones) is 1. The molecule has 1 aliphatic rings. The Morgan fingerprint density at radius 2 is 2.08 bits per heavy atom. The highest BCUT2D eigenvalue weighted by Crippen LogP contribution is 2.40. The minimum atomic E-state index is -0.407. The van der Waals surface area contributed by atoms with Gasteiger partial charge in [-0.1, -0.05) is 6.92 Å². The van der Waals surface area contributed by atoms with Gasteiger partial charge in [0, 0.05) is 5.57 Å². The zero-order chi connectivity index (χ0) is 9.35. The second-order valence-corrected chi connectivity index (χ2v) is 4.66. The van der Waals surface area contributed by atoms with Crippen molar-refractivity contribution >= 4 is 17.7 Å². The number of hydrogen-bond acceptors (Lipinski definition) is 3. The fourth-order valence-corrected chi connectivity index (χ4v) is 2.29. The van der Waals surface area contributed by atoms with Crippen LogP contribution in [0.3, 0.4) is 0 Å². The SMILES string of the molecule is CCSC1(C)OC(=O)C(C)=C1C. The third-order valence-corrected chi connectivity index (χ3v) is 3.49. The summed E-state index contributed by atoms with van der Waals surface area (Å²) in [6, 6.07) is 0. The summed E-state index contributed by atoms with van der Waals surface area (Å²) >= 11 is 1.66. The molecule has 1 aliphatic heterocycles. The maximum atomic E-state index is 11.2. The molecule has 0 aromatic heterocycles. The molecule has 0 spiro atoms. The van der Waals surface area contributed by atoms with Crippen molar-refractivity contribution < 1.29 is 9.53 Å². The van der Waals surface area contributed by atoms with Gasteiger partial charge in [0.25, 0.3) is 0 Å². The summed E-state index contributed by atoms with van der Waals surface area (Å²) in [7, 11) is 0. The van der Waals surface area contributed by atoms with Gasteiger partial charge in [0.1, 0.15) is 0 Å². The summed E-state index contributed by atoms with van der Waals surface area (Å²) in [6.07, 6.45) is 0. The Kier molecular flexibility index (Phi) is 2.52. The molecular weight excluding hydrogens is 172 g/mol. The predicted molar refractivity (Wildman–Crippen MR) is 51.0 cm³/mol. The van der Waals surface area contributed by atoms with E-state index in [0.717, 1.165) is 16.9 Å². The molecule has 0 radical (unpaired) electrons. The first-order valence-corrected chi connectivity index (χ1v) is 5.05. The highest BCUT2D eigenvalue weighted by Gasteiger charge is 2.39. The van der Waals surface area contributed by atoms with Crippen LogP contribution < -0.4 is 0 Å². The monoisotopic (exact) mass is 186 g/mol. The van der Waals surface area contributed by atoms with E-state index in [1.807, 2.05) is 20.8 Å². The summed E-state index contributed by atoms with van der Waals surface area (Å²) in [4.78, 5) is 10.8. The Hall–Kier alpha value is -0.440. The Morgan fingerprint density at radius 3 is 2.42 bits per heavy atom. The molecule has 0 amide bonds. The van der Waals surface area contributed by atoms with Crippen LogP contribution in [0.4, 0.5) is 0 Å². The summed E-state index contributed by atoms with van der Waals surface area (Å²) in [5.41, 5.74) is 1.82. The first-order valence-electron chi connectivity index (χ1n) is 4.06. The number of carbonyl (C=O) groups excluding carboxylic acids is 1. The average molecular weight is 186 g/mol. The van der Waals surface area contributed by atoms with Gasteiger partial charge in [0.15, 0.2) is 4.93 Å². The van der Waals surface area contributed by atoms with Crippen molar-refractivity contribution in [3.63, 3.8) is 0 Å². The van der Waals surface area contributed by atoms with Gasteiger partial charge >= 0.3 is 5.97 Å². The van der Waals surface area contributed by atoms with E-state index in [9.17, 15) is 4.79 Å². The molecule has 0 saturated carbocycles. The number of rotatable bonds is 2. The molecular formula is C9H14O2S. The molecule has 0 aliphatic carbocycles. The zero-order valence-corrected chi connectivity index (χ0v) is 8.75. The number of carbonyl (C=O) groups is 1. The average Bonchev–Trinajstić information content (AvgIpc) is 2.17. The number of hydrogen-bond donors (Lipinski definition) is 0. The lowest BCUT2D eigenvalue weighted by molar-refractivity contribution is -0.140. The van der Waals surface area contributed by atoms with E-state index >= 15 is 0 Å². The van der Waals surface area contributed by atoms with Crippen LogP contribution in [0.2, 0.25) is 0 Å². The van der Waals surface area contributed by atoms with Gasteiger partial charge in [0.2, 0.25) is 0 Å². The standard InChI is InChI=1S/C9H14O2S/c1-5-12-9(4)7(3)6(2)8(10)11-9/h5H2,1-4H3. The van der Waals surface area contributed by atoms with Crippen molar-refractivity contribution in [2.45, 2.75) is 32.6 Å². The van der Waals surface area contributed by atoms with Crippen LogP contribution in [0.1, 0.15) is 27.7 Å². The smallest absolute Gasteiger partial charge is 0.335 e. The second-order valence-electron chi connectivity index (χ2n) is 3.02. The van der Waals surface area contributed by atoms with E-state index < -0.39 is 4.93 Å². The lowest BCUT2D eigenvalue weighted by Gasteiger charge is -2.23. The topological polar surface area (TPSA) is 26.3 Å². The normalized spacial score (nSPS) is 29.5. The first-order chi connectivity index (χ1) is 5.51. The lowest BCUT2D eigenvalue weighted by atomic mass is 10.1. The Labute approximate surface area is 77.4 Å². The molecule has 0 aromatic rings. The van der Waals surface area contributed by atoms with Gasteiger partial charge in [0.05, 0.1) is 0 Å². The van der Waals surface area contributed by atoms with Crippen molar-refractivity contribution in [3.8, 4) is 0 Å². The van der Waals surface area contributed by atoms with E-state index in [1.54, 1.807) is 11.8 Å². The minimum absolute atomic E-state index is 0.170. The molecule has 0 N–H and O–H groups in total. The minimum Gasteiger partial charge on any atom is -0.441 e. The second kappa shape index (κ2) is 3.13. The predicted octanol–water partition coefficient (Wildman–Crippen LogP) is 2.35. The van der Waals surface area contributed by atoms with Crippen molar-refractivity contribution in [3.05, 3.63) is 11.1 Å². The van der Waals surface area contributed by atoms with Crippen LogP contribution in [0.15, 0.2) is 11.1 Å². The van der Waals surface area contributed by atoms with Gasteiger partial charge in [-0.15, -0.1) is 11.8 Å². The molecule has 68 valence electrons. The summed E-state index contributed by atoms with van der Waals surface area (Å²) in [6.45, 7) is 7.79. The summed E-state index contributed by atoms with van der Waals surface area (Å²) in [5, 5.41) is 0. The molecule has 0 saturated heterocycles. The molecule has 1 rings (SSSR count). The Morgan fingerprint density at radius 1 is 1.50 bits per heavy atom. The van der Waals surface area contributed by atoms with Gasteiger partial charge in [-0.25, -0.2) is 4.79 Å². The molecule has 2 nitrogen and oxygen atoms in total. The molecule has 12 heavy (non-hydrogen) atoms. The van der Waals surface area contributed by atoms with Crippen molar-refractivity contribution in [2.24, 2.45) is 0 Å². The summed E-state index contributed by atoms with van der Waals surface area (Å²) in [5.74, 6) is 0.782. The van der Waals surface area contributed by atoms with Crippen molar-refractivity contribution in [2.75, 3.05) is 5.75 Å². The fraction of sp³-hybridized carbons (Fsp3) is 0.667. The maximum Gasteiger partial charge on any atom is 0.335 e. The van der Waals surface area contributed by atoms with E-state index in [-0.39, 0.29) is 5.97 Å². The van der Waals surface area contributed by atoms with Crippen LogP contribution in [0.25, 0.3) is 0 Å². The molecule has 0 fully saturated rings. The van der Waals surface area contributed by atoms with Crippen LogP contribution in [-0.2, 0) is 9.53 Å². The van der Waals surface area contributed by atoms with Crippen molar-refractivity contribution in [1.82, 2.24) is 0 Å². The van der Waals surface area contributed by atoms with E-state index in [2.05, 4.69) is 6.92 Å². The third-order valence-electron chi connectivity index (χ3n) is 2.26.